The van der Waals surface area contributed by atoms with E-state index in [-0.39, 0.29) is 0 Å². The van der Waals surface area contributed by atoms with Crippen molar-refractivity contribution in [1.82, 2.24) is 24.6 Å². The zero-order valence-corrected chi connectivity index (χ0v) is 14.6. The molecule has 7 heteroatoms. The maximum Gasteiger partial charge on any atom is 0.258 e. The van der Waals surface area contributed by atoms with Gasteiger partial charge in [0, 0.05) is 37.8 Å². The van der Waals surface area contributed by atoms with Crippen molar-refractivity contribution in [3.8, 4) is 11.5 Å². The van der Waals surface area contributed by atoms with Crippen LogP contribution in [-0.2, 0) is 20.0 Å². The van der Waals surface area contributed by atoms with Gasteiger partial charge in [0.25, 0.3) is 5.89 Å². The monoisotopic (exact) mass is 343 g/mol. The van der Waals surface area contributed by atoms with Crippen LogP contribution >= 0.6 is 11.3 Å². The third kappa shape index (κ3) is 3.42. The number of piperidine rings is 1. The Balaban J connectivity index is 1.37. The highest BCUT2D eigenvalue weighted by molar-refractivity contribution is 7.08. The summed E-state index contributed by atoms with van der Waals surface area (Å²) in [4.78, 5) is 11.4. The van der Waals surface area contributed by atoms with E-state index in [1.165, 1.54) is 18.7 Å². The highest BCUT2D eigenvalue weighted by Gasteiger charge is 2.23. The molecule has 0 unspecified atom stereocenters. The standard InChI is InChI=1S/C17H21N5OS/c1-21-7-5-18-16(21)9-13-3-2-6-22(10-13)11-15-19-17(23-20-15)14-4-8-24-12-14/h4-5,7-8,12-13H,2-3,6,9-11H2,1H3/t13-/m1/s1. The van der Waals surface area contributed by atoms with Gasteiger partial charge in [-0.15, -0.1) is 0 Å². The lowest BCUT2D eigenvalue weighted by molar-refractivity contribution is 0.160. The maximum absolute atomic E-state index is 5.38. The van der Waals surface area contributed by atoms with E-state index in [2.05, 4.69) is 31.6 Å². The van der Waals surface area contributed by atoms with Crippen molar-refractivity contribution in [2.24, 2.45) is 13.0 Å². The van der Waals surface area contributed by atoms with Gasteiger partial charge in [-0.2, -0.15) is 16.3 Å². The van der Waals surface area contributed by atoms with Gasteiger partial charge >= 0.3 is 0 Å². The van der Waals surface area contributed by atoms with E-state index in [0.29, 0.717) is 11.8 Å². The van der Waals surface area contributed by atoms with Crippen molar-refractivity contribution >= 4 is 11.3 Å². The molecule has 1 fully saturated rings. The van der Waals surface area contributed by atoms with Crippen LogP contribution in [0.15, 0.2) is 33.7 Å². The molecule has 4 heterocycles. The van der Waals surface area contributed by atoms with Crippen molar-refractivity contribution < 1.29 is 4.52 Å². The van der Waals surface area contributed by atoms with Crippen LogP contribution < -0.4 is 0 Å². The Bertz CT molecular complexity index is 779. The summed E-state index contributed by atoms with van der Waals surface area (Å²) in [5.74, 6) is 3.20. The van der Waals surface area contributed by atoms with Crippen LogP contribution in [0, 0.1) is 5.92 Å². The van der Waals surface area contributed by atoms with Crippen LogP contribution in [0.4, 0.5) is 0 Å². The Labute approximate surface area is 145 Å². The van der Waals surface area contributed by atoms with Gasteiger partial charge in [0.15, 0.2) is 5.82 Å². The lowest BCUT2D eigenvalue weighted by atomic mass is 9.94. The first-order valence-electron chi connectivity index (χ1n) is 8.31. The van der Waals surface area contributed by atoms with Gasteiger partial charge in [-0.25, -0.2) is 4.98 Å². The Morgan fingerprint density at radius 3 is 3.17 bits per heavy atom. The van der Waals surface area contributed by atoms with Crippen LogP contribution in [0.2, 0.25) is 0 Å². The molecular weight excluding hydrogens is 322 g/mol. The fourth-order valence-corrected chi connectivity index (χ4v) is 3.96. The average molecular weight is 343 g/mol. The van der Waals surface area contributed by atoms with E-state index in [0.717, 1.165) is 37.4 Å². The molecule has 6 nitrogen and oxygen atoms in total. The molecule has 1 saturated heterocycles. The van der Waals surface area contributed by atoms with Gasteiger partial charge in [0.05, 0.1) is 12.1 Å². The van der Waals surface area contributed by atoms with Crippen LogP contribution in [0.1, 0.15) is 24.5 Å². The Kier molecular flexibility index (Phi) is 4.44. The van der Waals surface area contributed by atoms with Gasteiger partial charge in [0.2, 0.25) is 0 Å². The minimum absolute atomic E-state index is 0.618. The first-order valence-corrected chi connectivity index (χ1v) is 9.26. The summed E-state index contributed by atoms with van der Waals surface area (Å²) in [6.45, 7) is 2.92. The summed E-state index contributed by atoms with van der Waals surface area (Å²) in [6, 6.07) is 2.01. The van der Waals surface area contributed by atoms with Gasteiger partial charge in [-0.05, 0) is 36.8 Å². The second-order valence-electron chi connectivity index (χ2n) is 6.43. The lowest BCUT2D eigenvalue weighted by Crippen LogP contribution is -2.36. The molecule has 24 heavy (non-hydrogen) atoms. The Hall–Kier alpha value is -1.99. The number of imidazole rings is 1. The van der Waals surface area contributed by atoms with Crippen LogP contribution in [-0.4, -0.2) is 37.7 Å². The summed E-state index contributed by atoms with van der Waals surface area (Å²) in [6.07, 6.45) is 7.40. The Morgan fingerprint density at radius 1 is 1.42 bits per heavy atom. The highest BCUT2D eigenvalue weighted by atomic mass is 32.1. The van der Waals surface area contributed by atoms with Crippen LogP contribution in [0.5, 0.6) is 0 Å². The molecular formula is C17H21N5OS. The van der Waals surface area contributed by atoms with E-state index in [4.69, 9.17) is 4.52 Å². The molecule has 126 valence electrons. The molecule has 0 aromatic carbocycles. The van der Waals surface area contributed by atoms with E-state index in [9.17, 15) is 0 Å². The summed E-state index contributed by atoms with van der Waals surface area (Å²) >= 11 is 1.64. The molecule has 0 spiro atoms. The van der Waals surface area contributed by atoms with Gasteiger partial charge in [-0.3, -0.25) is 4.90 Å². The van der Waals surface area contributed by atoms with Gasteiger partial charge in [0.1, 0.15) is 5.82 Å². The van der Waals surface area contributed by atoms with Crippen molar-refractivity contribution in [2.45, 2.75) is 25.8 Å². The topological polar surface area (TPSA) is 60.0 Å². The SMILES string of the molecule is Cn1ccnc1C[C@H]1CCCN(Cc2noc(-c3ccsc3)n2)C1. The van der Waals surface area contributed by atoms with Crippen LogP contribution in [0.25, 0.3) is 11.5 Å². The molecule has 1 aliphatic rings. The average Bonchev–Trinajstić information content (AvgIpc) is 3.31. The third-order valence-electron chi connectivity index (χ3n) is 4.60. The predicted molar refractivity (Wildman–Crippen MR) is 92.5 cm³/mol. The van der Waals surface area contributed by atoms with E-state index >= 15 is 0 Å². The molecule has 0 aliphatic carbocycles. The van der Waals surface area contributed by atoms with E-state index in [1.807, 2.05) is 29.2 Å². The number of aromatic nitrogens is 4. The van der Waals surface area contributed by atoms with Crippen molar-refractivity contribution in [2.75, 3.05) is 13.1 Å². The maximum atomic E-state index is 5.38. The fraction of sp³-hybridized carbons (Fsp3) is 0.471. The normalized spacial score (nSPS) is 19.0. The number of thiophene rings is 1. The molecule has 0 saturated carbocycles. The van der Waals surface area contributed by atoms with Crippen LogP contribution in [0.3, 0.4) is 0 Å². The molecule has 4 rings (SSSR count). The molecule has 0 bridgehead atoms. The summed E-state index contributed by atoms with van der Waals surface area (Å²) in [5, 5.41) is 8.19. The first kappa shape index (κ1) is 15.5. The summed E-state index contributed by atoms with van der Waals surface area (Å²) in [5.41, 5.74) is 1.00. The van der Waals surface area contributed by atoms with Crippen molar-refractivity contribution in [1.29, 1.82) is 0 Å². The number of nitrogens with zero attached hydrogens (tertiary/aromatic N) is 5. The minimum Gasteiger partial charge on any atom is -0.338 e. The predicted octanol–water partition coefficient (Wildman–Crippen LogP) is 2.99. The number of hydrogen-bond donors (Lipinski definition) is 0. The van der Waals surface area contributed by atoms with Gasteiger partial charge in [-0.1, -0.05) is 5.16 Å². The zero-order chi connectivity index (χ0) is 16.4. The molecule has 3 aromatic rings. The van der Waals surface area contributed by atoms with Crippen molar-refractivity contribution in [3.63, 3.8) is 0 Å². The number of hydrogen-bond acceptors (Lipinski definition) is 6. The smallest absolute Gasteiger partial charge is 0.258 e. The minimum atomic E-state index is 0.618. The van der Waals surface area contributed by atoms with E-state index in [1.54, 1.807) is 11.3 Å². The van der Waals surface area contributed by atoms with Gasteiger partial charge < -0.3 is 9.09 Å². The molecule has 1 aliphatic heterocycles. The Morgan fingerprint density at radius 2 is 2.38 bits per heavy atom. The van der Waals surface area contributed by atoms with E-state index < -0.39 is 0 Å². The van der Waals surface area contributed by atoms with Crippen molar-refractivity contribution in [3.05, 3.63) is 40.9 Å². The second kappa shape index (κ2) is 6.86. The third-order valence-corrected chi connectivity index (χ3v) is 5.28. The fourth-order valence-electron chi connectivity index (χ4n) is 3.33. The molecule has 0 radical (unpaired) electrons. The number of aryl methyl sites for hydroxylation is 1. The molecule has 3 aromatic heterocycles. The quantitative estimate of drug-likeness (QED) is 0.713. The lowest BCUT2D eigenvalue weighted by Gasteiger charge is -2.31. The molecule has 0 N–H and O–H groups in total. The zero-order valence-electron chi connectivity index (χ0n) is 13.8. The number of likely N-dealkylation sites (tertiary alicyclic amines) is 1. The molecule has 1 atom stereocenters. The molecule has 0 amide bonds. The number of rotatable bonds is 5. The summed E-state index contributed by atoms with van der Waals surface area (Å²) < 4.78 is 7.50. The highest BCUT2D eigenvalue weighted by Crippen LogP contribution is 2.23. The largest absolute Gasteiger partial charge is 0.338 e. The second-order valence-corrected chi connectivity index (χ2v) is 7.21. The first-order chi connectivity index (χ1) is 11.8. The summed E-state index contributed by atoms with van der Waals surface area (Å²) in [7, 11) is 2.06.